The van der Waals surface area contributed by atoms with Crippen LogP contribution in [0, 0.1) is 26.7 Å². The fourth-order valence-electron chi connectivity index (χ4n) is 3.78. The summed E-state index contributed by atoms with van der Waals surface area (Å²) in [6.45, 7) is 7.36. The summed E-state index contributed by atoms with van der Waals surface area (Å²) in [5.41, 5.74) is 4.25. The van der Waals surface area contributed by atoms with Crippen LogP contribution in [0.15, 0.2) is 48.7 Å². The average molecular weight is 460 g/mol. The van der Waals surface area contributed by atoms with Crippen molar-refractivity contribution < 1.29 is 9.59 Å². The minimum absolute atomic E-state index is 0.0219. The Balaban J connectivity index is 1.21. The smallest absolute Gasteiger partial charge is 0.227 e. The van der Waals surface area contributed by atoms with Crippen molar-refractivity contribution in [3.05, 3.63) is 65.4 Å². The molecule has 1 aliphatic rings. The number of hydrogen-bond acceptors (Lipinski definition) is 7. The first-order valence-electron chi connectivity index (χ1n) is 11.3. The van der Waals surface area contributed by atoms with Crippen molar-refractivity contribution in [2.24, 2.45) is 5.92 Å². The van der Waals surface area contributed by atoms with E-state index < -0.39 is 0 Å². The molecule has 34 heavy (non-hydrogen) atoms. The van der Waals surface area contributed by atoms with Gasteiger partial charge in [0.15, 0.2) is 5.82 Å². The average Bonchev–Trinajstić information content (AvgIpc) is 3.21. The normalized spacial score (nSPS) is 15.3. The molecule has 1 aliphatic heterocycles. The molecule has 3 heterocycles. The van der Waals surface area contributed by atoms with E-state index in [1.54, 1.807) is 11.1 Å². The van der Waals surface area contributed by atoms with Gasteiger partial charge in [0.2, 0.25) is 11.8 Å². The number of carbonyl (C=O) groups excluding carboxylic acids is 2. The van der Waals surface area contributed by atoms with Gasteiger partial charge in [-0.25, -0.2) is 4.98 Å². The molecule has 0 radical (unpaired) electrons. The van der Waals surface area contributed by atoms with E-state index in [0.717, 1.165) is 16.8 Å². The zero-order chi connectivity index (χ0) is 24.1. The van der Waals surface area contributed by atoms with E-state index in [-0.39, 0.29) is 24.2 Å². The number of rotatable bonds is 8. The number of benzene rings is 1. The number of carbonyl (C=O) groups is 2. The van der Waals surface area contributed by atoms with E-state index in [2.05, 4.69) is 31.1 Å². The monoisotopic (exact) mass is 459 g/mol. The summed E-state index contributed by atoms with van der Waals surface area (Å²) in [6, 6.07) is 13.4. The van der Waals surface area contributed by atoms with Crippen LogP contribution in [-0.2, 0) is 9.59 Å². The lowest BCUT2D eigenvalue weighted by Crippen LogP contribution is -2.35. The van der Waals surface area contributed by atoms with Crippen molar-refractivity contribution in [1.29, 1.82) is 0 Å². The molecule has 9 nitrogen and oxygen atoms in total. The van der Waals surface area contributed by atoms with E-state index in [9.17, 15) is 9.59 Å². The maximum atomic E-state index is 12.6. The van der Waals surface area contributed by atoms with Crippen LogP contribution in [0.2, 0.25) is 0 Å². The minimum Gasteiger partial charge on any atom is -0.367 e. The van der Waals surface area contributed by atoms with E-state index in [1.807, 2.05) is 63.2 Å². The molecule has 1 aromatic carbocycles. The fourth-order valence-corrected chi connectivity index (χ4v) is 3.78. The highest BCUT2D eigenvalue weighted by molar-refractivity contribution is 6.00. The number of aryl methyl sites for hydroxylation is 3. The van der Waals surface area contributed by atoms with Crippen LogP contribution in [-0.4, -0.2) is 46.6 Å². The highest BCUT2D eigenvalue weighted by Crippen LogP contribution is 2.27. The number of aromatic nitrogens is 3. The molecule has 1 fully saturated rings. The van der Waals surface area contributed by atoms with E-state index in [0.29, 0.717) is 37.1 Å². The summed E-state index contributed by atoms with van der Waals surface area (Å²) in [4.78, 5) is 31.0. The summed E-state index contributed by atoms with van der Waals surface area (Å²) in [5.74, 6) is 1.42. The first-order chi connectivity index (χ1) is 16.4. The van der Waals surface area contributed by atoms with E-state index in [4.69, 9.17) is 0 Å². The minimum atomic E-state index is -0.352. The second-order valence-electron chi connectivity index (χ2n) is 8.54. The number of nitrogens with one attached hydrogen (secondary N) is 3. The van der Waals surface area contributed by atoms with Gasteiger partial charge in [-0.1, -0.05) is 6.07 Å². The largest absolute Gasteiger partial charge is 0.367 e. The van der Waals surface area contributed by atoms with Gasteiger partial charge in [-0.15, -0.1) is 10.2 Å². The second-order valence-corrected chi connectivity index (χ2v) is 8.54. The molecule has 2 amide bonds. The van der Waals surface area contributed by atoms with Gasteiger partial charge in [-0.05, 0) is 73.9 Å². The Kier molecular flexibility index (Phi) is 7.01. The standard InChI is InChI=1S/C25H29N7O2/c1-16-8-9-26-23(12-16)29-22-7-6-21(30-31-22)27-10-11-28-25(34)19-14-24(33)32(15-19)20-5-4-17(2)18(3)13-20/h4-9,12-13,19H,10-11,14-15H2,1-3H3,(H,27,30)(H,28,34)(H,26,29,31)/t19-/m0/s1. The summed E-state index contributed by atoms with van der Waals surface area (Å²) in [6.07, 6.45) is 1.96. The molecule has 176 valence electrons. The molecular weight excluding hydrogens is 430 g/mol. The summed E-state index contributed by atoms with van der Waals surface area (Å²) >= 11 is 0. The molecule has 1 saturated heterocycles. The number of nitrogens with zero attached hydrogens (tertiary/aromatic N) is 4. The third-order valence-electron chi connectivity index (χ3n) is 5.86. The molecule has 3 aromatic rings. The molecule has 0 spiro atoms. The molecule has 4 rings (SSSR count). The van der Waals surface area contributed by atoms with Crippen LogP contribution >= 0.6 is 0 Å². The SMILES string of the molecule is Cc1ccnc(Nc2ccc(NCCNC(=O)[C@H]3CC(=O)N(c4ccc(C)c(C)c4)C3)nn2)c1. The molecule has 1 atom stereocenters. The lowest BCUT2D eigenvalue weighted by atomic mass is 10.1. The van der Waals surface area contributed by atoms with E-state index in [1.165, 1.54) is 5.56 Å². The highest BCUT2D eigenvalue weighted by Gasteiger charge is 2.35. The molecular formula is C25H29N7O2. The van der Waals surface area contributed by atoms with Crippen LogP contribution < -0.4 is 20.9 Å². The first kappa shape index (κ1) is 23.2. The third-order valence-corrected chi connectivity index (χ3v) is 5.86. The van der Waals surface area contributed by atoms with Crippen LogP contribution in [0.3, 0.4) is 0 Å². The van der Waals surface area contributed by atoms with Gasteiger partial charge in [-0.3, -0.25) is 9.59 Å². The van der Waals surface area contributed by atoms with Crippen molar-refractivity contribution in [2.45, 2.75) is 27.2 Å². The van der Waals surface area contributed by atoms with Gasteiger partial charge in [0.05, 0.1) is 5.92 Å². The number of amides is 2. The zero-order valence-corrected chi connectivity index (χ0v) is 19.6. The second kappa shape index (κ2) is 10.3. The van der Waals surface area contributed by atoms with Gasteiger partial charge >= 0.3 is 0 Å². The Morgan fingerprint density at radius 3 is 2.50 bits per heavy atom. The summed E-state index contributed by atoms with van der Waals surface area (Å²) < 4.78 is 0. The van der Waals surface area contributed by atoms with Crippen LogP contribution in [0.4, 0.5) is 23.1 Å². The van der Waals surface area contributed by atoms with Gasteiger partial charge in [-0.2, -0.15) is 0 Å². The lowest BCUT2D eigenvalue weighted by molar-refractivity contribution is -0.126. The highest BCUT2D eigenvalue weighted by atomic mass is 16.2. The topological polar surface area (TPSA) is 112 Å². The zero-order valence-electron chi connectivity index (χ0n) is 19.6. The summed E-state index contributed by atoms with van der Waals surface area (Å²) in [7, 11) is 0. The quantitative estimate of drug-likeness (QED) is 0.444. The van der Waals surface area contributed by atoms with Gasteiger partial charge in [0, 0.05) is 37.9 Å². The fraction of sp³-hybridized carbons (Fsp3) is 0.320. The Labute approximate surface area is 199 Å². The number of hydrogen-bond donors (Lipinski definition) is 3. The molecule has 3 N–H and O–H groups in total. The van der Waals surface area contributed by atoms with Crippen LogP contribution in [0.5, 0.6) is 0 Å². The van der Waals surface area contributed by atoms with Crippen LogP contribution in [0.25, 0.3) is 0 Å². The predicted molar refractivity (Wildman–Crippen MR) is 132 cm³/mol. The molecule has 9 heteroatoms. The van der Waals surface area contributed by atoms with Crippen molar-refractivity contribution in [3.63, 3.8) is 0 Å². The van der Waals surface area contributed by atoms with E-state index >= 15 is 0 Å². The van der Waals surface area contributed by atoms with Gasteiger partial charge < -0.3 is 20.9 Å². The summed E-state index contributed by atoms with van der Waals surface area (Å²) in [5, 5.41) is 17.4. The lowest BCUT2D eigenvalue weighted by Gasteiger charge is -2.18. The molecule has 2 aromatic heterocycles. The third kappa shape index (κ3) is 5.67. The Morgan fingerprint density at radius 1 is 0.971 bits per heavy atom. The first-order valence-corrected chi connectivity index (χ1v) is 11.3. The van der Waals surface area contributed by atoms with Crippen LogP contribution in [0.1, 0.15) is 23.1 Å². The molecule has 0 bridgehead atoms. The number of pyridine rings is 1. The van der Waals surface area contributed by atoms with Crippen molar-refractivity contribution in [3.8, 4) is 0 Å². The van der Waals surface area contributed by atoms with Crippen molar-refractivity contribution in [2.75, 3.05) is 35.2 Å². The van der Waals surface area contributed by atoms with Gasteiger partial charge in [0.25, 0.3) is 0 Å². The Morgan fingerprint density at radius 2 is 1.76 bits per heavy atom. The maximum absolute atomic E-state index is 12.6. The molecule has 0 unspecified atom stereocenters. The predicted octanol–water partition coefficient (Wildman–Crippen LogP) is 3.12. The Hall–Kier alpha value is -4.01. The molecule has 0 aliphatic carbocycles. The Bertz CT molecular complexity index is 1180. The van der Waals surface area contributed by atoms with Crippen molar-refractivity contribution in [1.82, 2.24) is 20.5 Å². The molecule has 0 saturated carbocycles. The number of anilines is 4. The van der Waals surface area contributed by atoms with Gasteiger partial charge in [0.1, 0.15) is 11.6 Å². The van der Waals surface area contributed by atoms with Crippen molar-refractivity contribution >= 4 is 35.0 Å². The maximum Gasteiger partial charge on any atom is 0.227 e.